The van der Waals surface area contributed by atoms with Gasteiger partial charge >= 0.3 is 5.97 Å². The first kappa shape index (κ1) is 19.6. The van der Waals surface area contributed by atoms with Crippen molar-refractivity contribution in [2.45, 2.75) is 44.2 Å². The molecule has 2 unspecified atom stereocenters. The number of hydrogen-bond donors (Lipinski definition) is 2. The van der Waals surface area contributed by atoms with Gasteiger partial charge in [-0.05, 0) is 25.0 Å². The normalized spacial score (nSPS) is 19.0. The van der Waals surface area contributed by atoms with E-state index in [1.54, 1.807) is 23.0 Å². The van der Waals surface area contributed by atoms with Gasteiger partial charge in [0.1, 0.15) is 0 Å². The minimum absolute atomic E-state index is 0.0821. The van der Waals surface area contributed by atoms with Crippen LogP contribution in [0.2, 0.25) is 0 Å². The quantitative estimate of drug-likeness (QED) is 0.678. The molecule has 0 aliphatic heterocycles. The molecule has 0 bridgehead atoms. The van der Waals surface area contributed by atoms with Crippen LogP contribution in [-0.4, -0.2) is 52.5 Å². The Hall–Kier alpha value is -3.17. The molecule has 3 rings (SSSR count). The number of furan rings is 1. The van der Waals surface area contributed by atoms with E-state index in [-0.39, 0.29) is 48.3 Å². The van der Waals surface area contributed by atoms with E-state index in [1.807, 2.05) is 0 Å². The van der Waals surface area contributed by atoms with E-state index in [2.05, 4.69) is 25.7 Å². The molecule has 2 aromatic rings. The number of nitrogens with one attached hydrogen (secondary N) is 2. The van der Waals surface area contributed by atoms with Crippen molar-refractivity contribution in [3.8, 4) is 0 Å². The highest BCUT2D eigenvalue weighted by Gasteiger charge is 2.29. The van der Waals surface area contributed by atoms with Gasteiger partial charge in [-0.1, -0.05) is 18.1 Å². The SMILES string of the molecule is COC(=O)c1cn(C2CCCCC2NC(=O)CCNC(=O)c2ccco2)nn1. The Morgan fingerprint density at radius 3 is 2.89 bits per heavy atom. The van der Waals surface area contributed by atoms with Crippen LogP contribution in [0.1, 0.15) is 59.2 Å². The molecule has 1 fully saturated rings. The molecule has 10 heteroatoms. The molecule has 2 N–H and O–H groups in total. The largest absolute Gasteiger partial charge is 0.464 e. The number of methoxy groups -OCH3 is 1. The highest BCUT2D eigenvalue weighted by atomic mass is 16.5. The van der Waals surface area contributed by atoms with Crippen LogP contribution in [0.25, 0.3) is 0 Å². The van der Waals surface area contributed by atoms with E-state index in [1.165, 1.54) is 13.4 Å². The van der Waals surface area contributed by atoms with Crippen LogP contribution in [-0.2, 0) is 9.53 Å². The molecule has 28 heavy (non-hydrogen) atoms. The summed E-state index contributed by atoms with van der Waals surface area (Å²) in [6.45, 7) is 0.207. The molecule has 2 amide bonds. The Morgan fingerprint density at radius 2 is 2.14 bits per heavy atom. The number of esters is 1. The Bertz CT molecular complexity index is 816. The maximum Gasteiger partial charge on any atom is 0.360 e. The van der Waals surface area contributed by atoms with Gasteiger partial charge < -0.3 is 19.8 Å². The minimum Gasteiger partial charge on any atom is -0.464 e. The Morgan fingerprint density at radius 1 is 1.32 bits per heavy atom. The lowest BCUT2D eigenvalue weighted by molar-refractivity contribution is -0.122. The third-order valence-corrected chi connectivity index (χ3v) is 4.70. The minimum atomic E-state index is -0.546. The predicted octanol–water partition coefficient (Wildman–Crippen LogP) is 1.08. The standard InChI is InChI=1S/C18H23N5O5/c1-27-18(26)13-11-23(22-21-13)14-6-3-2-5-12(14)20-16(24)8-9-19-17(25)15-7-4-10-28-15/h4,7,10-12,14H,2-3,5-6,8-9H2,1H3,(H,19,25)(H,20,24). The fourth-order valence-corrected chi connectivity index (χ4v) is 3.30. The van der Waals surface area contributed by atoms with Crippen molar-refractivity contribution in [1.29, 1.82) is 0 Å². The highest BCUT2D eigenvalue weighted by molar-refractivity contribution is 5.91. The van der Waals surface area contributed by atoms with Gasteiger partial charge in [0.25, 0.3) is 5.91 Å². The smallest absolute Gasteiger partial charge is 0.360 e. The van der Waals surface area contributed by atoms with Crippen LogP contribution in [0.15, 0.2) is 29.0 Å². The molecule has 0 radical (unpaired) electrons. The second-order valence-corrected chi connectivity index (χ2v) is 6.58. The Balaban J connectivity index is 1.52. The molecule has 150 valence electrons. The summed E-state index contributed by atoms with van der Waals surface area (Å²) in [4.78, 5) is 35.7. The molecule has 0 saturated heterocycles. The molecule has 1 saturated carbocycles. The van der Waals surface area contributed by atoms with Gasteiger partial charge in [-0.25, -0.2) is 9.48 Å². The third-order valence-electron chi connectivity index (χ3n) is 4.70. The van der Waals surface area contributed by atoms with Gasteiger partial charge in [0.15, 0.2) is 11.5 Å². The zero-order valence-corrected chi connectivity index (χ0v) is 15.6. The number of hydrogen-bond acceptors (Lipinski definition) is 7. The molecule has 2 atom stereocenters. The number of carbonyl (C=O) groups excluding carboxylic acids is 3. The number of rotatable bonds is 7. The summed E-state index contributed by atoms with van der Waals surface area (Å²) >= 11 is 0. The first-order chi connectivity index (χ1) is 13.6. The van der Waals surface area contributed by atoms with Crippen molar-refractivity contribution < 1.29 is 23.5 Å². The van der Waals surface area contributed by atoms with E-state index in [9.17, 15) is 14.4 Å². The number of ether oxygens (including phenoxy) is 1. The van der Waals surface area contributed by atoms with Crippen molar-refractivity contribution in [3.63, 3.8) is 0 Å². The molecule has 0 spiro atoms. The van der Waals surface area contributed by atoms with Crippen molar-refractivity contribution in [2.75, 3.05) is 13.7 Å². The molecule has 2 heterocycles. The van der Waals surface area contributed by atoms with Gasteiger partial charge in [-0.2, -0.15) is 0 Å². The van der Waals surface area contributed by atoms with Gasteiger partial charge in [0, 0.05) is 13.0 Å². The van der Waals surface area contributed by atoms with E-state index in [0.717, 1.165) is 25.7 Å². The van der Waals surface area contributed by atoms with Crippen LogP contribution >= 0.6 is 0 Å². The number of amides is 2. The summed E-state index contributed by atoms with van der Waals surface area (Å²) in [6.07, 6.45) is 6.75. The van der Waals surface area contributed by atoms with Crippen molar-refractivity contribution in [2.24, 2.45) is 0 Å². The fraction of sp³-hybridized carbons (Fsp3) is 0.500. The zero-order valence-electron chi connectivity index (χ0n) is 15.6. The number of carbonyl (C=O) groups is 3. The molecular weight excluding hydrogens is 366 g/mol. The fourth-order valence-electron chi connectivity index (χ4n) is 3.30. The maximum absolute atomic E-state index is 12.3. The summed E-state index contributed by atoms with van der Waals surface area (Å²) in [5.41, 5.74) is 0.138. The van der Waals surface area contributed by atoms with Gasteiger partial charge in [-0.3, -0.25) is 9.59 Å². The number of aromatic nitrogens is 3. The van der Waals surface area contributed by atoms with E-state index < -0.39 is 5.97 Å². The molecule has 1 aliphatic rings. The Kier molecular flexibility index (Phi) is 6.41. The molecule has 2 aromatic heterocycles. The van der Waals surface area contributed by atoms with Crippen LogP contribution in [0.4, 0.5) is 0 Å². The van der Waals surface area contributed by atoms with Gasteiger partial charge in [0.2, 0.25) is 5.91 Å². The lowest BCUT2D eigenvalue weighted by Gasteiger charge is -2.32. The van der Waals surface area contributed by atoms with Crippen LogP contribution in [0, 0.1) is 0 Å². The Labute approximate surface area is 161 Å². The summed E-state index contributed by atoms with van der Waals surface area (Å²) in [5.74, 6) is -0.855. The summed E-state index contributed by atoms with van der Waals surface area (Å²) in [7, 11) is 1.29. The van der Waals surface area contributed by atoms with E-state index in [0.29, 0.717) is 0 Å². The lowest BCUT2D eigenvalue weighted by atomic mass is 9.90. The topological polar surface area (TPSA) is 128 Å². The first-order valence-electron chi connectivity index (χ1n) is 9.19. The van der Waals surface area contributed by atoms with Crippen molar-refractivity contribution in [3.05, 3.63) is 36.0 Å². The van der Waals surface area contributed by atoms with Gasteiger partial charge in [-0.15, -0.1) is 5.10 Å². The third kappa shape index (κ3) is 4.76. The number of nitrogens with zero attached hydrogens (tertiary/aromatic N) is 3. The van der Waals surface area contributed by atoms with Crippen LogP contribution in [0.5, 0.6) is 0 Å². The predicted molar refractivity (Wildman–Crippen MR) is 96.5 cm³/mol. The average molecular weight is 389 g/mol. The molecule has 10 nitrogen and oxygen atoms in total. The van der Waals surface area contributed by atoms with Gasteiger partial charge in [0.05, 0.1) is 31.7 Å². The second-order valence-electron chi connectivity index (χ2n) is 6.58. The second kappa shape index (κ2) is 9.16. The van der Waals surface area contributed by atoms with Crippen molar-refractivity contribution >= 4 is 17.8 Å². The maximum atomic E-state index is 12.3. The zero-order chi connectivity index (χ0) is 19.9. The lowest BCUT2D eigenvalue weighted by Crippen LogP contribution is -2.44. The van der Waals surface area contributed by atoms with Crippen LogP contribution < -0.4 is 10.6 Å². The summed E-state index contributed by atoms with van der Waals surface area (Å²) < 4.78 is 11.3. The van der Waals surface area contributed by atoms with E-state index >= 15 is 0 Å². The average Bonchev–Trinajstić information content (AvgIpc) is 3.40. The van der Waals surface area contributed by atoms with E-state index in [4.69, 9.17) is 4.42 Å². The molecular formula is C18H23N5O5. The first-order valence-corrected chi connectivity index (χ1v) is 9.19. The summed E-state index contributed by atoms with van der Waals surface area (Å²) in [6, 6.07) is 2.99. The molecule has 1 aliphatic carbocycles. The molecule has 0 aromatic carbocycles. The van der Waals surface area contributed by atoms with Crippen LogP contribution in [0.3, 0.4) is 0 Å². The highest BCUT2D eigenvalue weighted by Crippen LogP contribution is 2.28. The van der Waals surface area contributed by atoms with Crippen molar-refractivity contribution in [1.82, 2.24) is 25.6 Å². The monoisotopic (exact) mass is 389 g/mol. The summed E-state index contributed by atoms with van der Waals surface area (Å²) in [5, 5.41) is 13.5.